The highest BCUT2D eigenvalue weighted by Gasteiger charge is 2.39. The second-order valence-electron chi connectivity index (χ2n) is 6.93. The van der Waals surface area contributed by atoms with Crippen molar-refractivity contribution in [3.8, 4) is 5.75 Å². The molecular weight excluding hydrogens is 342 g/mol. The van der Waals surface area contributed by atoms with Gasteiger partial charge in [-0.1, -0.05) is 13.8 Å². The minimum Gasteiger partial charge on any atom is -0.494 e. The molecule has 0 radical (unpaired) electrons. The highest BCUT2D eigenvalue weighted by molar-refractivity contribution is 5.95. The van der Waals surface area contributed by atoms with E-state index in [2.05, 4.69) is 34.4 Å². The zero-order valence-corrected chi connectivity index (χ0v) is 14.8. The number of anilines is 2. The molecule has 0 saturated heterocycles. The minimum absolute atomic E-state index is 0.0465. The number of hydrogen-bond acceptors (Lipinski definition) is 5. The number of nitrogens with zero attached hydrogens (tertiary/aromatic N) is 2. The van der Waals surface area contributed by atoms with Crippen molar-refractivity contribution < 1.29 is 18.3 Å². The van der Waals surface area contributed by atoms with E-state index >= 15 is 0 Å². The summed E-state index contributed by atoms with van der Waals surface area (Å²) in [7, 11) is 1.45. The first-order valence-electron chi connectivity index (χ1n) is 8.24. The van der Waals surface area contributed by atoms with Gasteiger partial charge in [-0.05, 0) is 30.4 Å². The molecule has 138 valence electrons. The Hall–Kier alpha value is -2.77. The largest absolute Gasteiger partial charge is 0.494 e. The average molecular weight is 362 g/mol. The van der Waals surface area contributed by atoms with Gasteiger partial charge in [0.1, 0.15) is 11.6 Å². The summed E-state index contributed by atoms with van der Waals surface area (Å²) in [4.78, 5) is 19.9. The first-order chi connectivity index (χ1) is 12.3. The fourth-order valence-corrected chi connectivity index (χ4v) is 2.89. The van der Waals surface area contributed by atoms with Gasteiger partial charge in [-0.15, -0.1) is 0 Å². The van der Waals surface area contributed by atoms with Crippen LogP contribution in [0.15, 0.2) is 24.3 Å². The average Bonchev–Trinajstić information content (AvgIpc) is 2.57. The van der Waals surface area contributed by atoms with Gasteiger partial charge in [0.25, 0.3) is 5.91 Å². The summed E-state index contributed by atoms with van der Waals surface area (Å²) in [6, 6.07) is 5.27. The molecule has 1 saturated carbocycles. The van der Waals surface area contributed by atoms with E-state index in [0.29, 0.717) is 5.75 Å². The number of ether oxygens (including phenoxy) is 1. The third-order valence-corrected chi connectivity index (χ3v) is 4.65. The van der Waals surface area contributed by atoms with E-state index in [9.17, 15) is 13.6 Å². The van der Waals surface area contributed by atoms with Gasteiger partial charge in [0, 0.05) is 23.9 Å². The summed E-state index contributed by atoms with van der Waals surface area (Å²) >= 11 is 0. The normalized spacial score (nSPS) is 18.0. The molecule has 26 heavy (non-hydrogen) atoms. The van der Waals surface area contributed by atoms with E-state index < -0.39 is 11.9 Å². The second-order valence-corrected chi connectivity index (χ2v) is 6.93. The van der Waals surface area contributed by atoms with Gasteiger partial charge in [-0.3, -0.25) is 4.79 Å². The quantitative estimate of drug-likeness (QED) is 0.797. The fourth-order valence-electron chi connectivity index (χ4n) is 2.89. The van der Waals surface area contributed by atoms with Crippen LogP contribution in [-0.2, 0) is 0 Å². The molecule has 0 aliphatic heterocycles. The maximum atomic E-state index is 13.2. The molecule has 0 spiro atoms. The van der Waals surface area contributed by atoms with Crippen LogP contribution in [0.3, 0.4) is 0 Å². The van der Waals surface area contributed by atoms with E-state index in [1.54, 1.807) is 12.1 Å². The zero-order chi connectivity index (χ0) is 18.9. The molecule has 1 amide bonds. The Morgan fingerprint density at radius 1 is 1.23 bits per heavy atom. The molecule has 8 heteroatoms. The van der Waals surface area contributed by atoms with Gasteiger partial charge >= 0.3 is 0 Å². The lowest BCUT2D eigenvalue weighted by molar-refractivity contribution is 0.0725. The lowest BCUT2D eigenvalue weighted by Gasteiger charge is -2.44. The molecular formula is C18H20F2N4O2. The topological polar surface area (TPSA) is 76.1 Å². The van der Waals surface area contributed by atoms with Crippen LogP contribution < -0.4 is 15.4 Å². The number of hydrogen-bond donors (Lipinski definition) is 2. The molecule has 0 bridgehead atoms. The van der Waals surface area contributed by atoms with E-state index in [1.807, 2.05) is 0 Å². The summed E-state index contributed by atoms with van der Waals surface area (Å²) in [6.45, 7) is 4.19. The van der Waals surface area contributed by atoms with Crippen molar-refractivity contribution in [3.63, 3.8) is 0 Å². The Kier molecular flexibility index (Phi) is 4.76. The molecule has 6 nitrogen and oxygen atoms in total. The number of methoxy groups -OCH3 is 1. The van der Waals surface area contributed by atoms with Crippen LogP contribution in [0.2, 0.25) is 0 Å². The summed E-state index contributed by atoms with van der Waals surface area (Å²) in [5, 5.41) is 5.73. The lowest BCUT2D eigenvalue weighted by atomic mass is 9.67. The van der Waals surface area contributed by atoms with Crippen LogP contribution in [0.5, 0.6) is 5.75 Å². The smallest absolute Gasteiger partial charge is 0.274 e. The Balaban J connectivity index is 1.83. The Morgan fingerprint density at radius 2 is 1.92 bits per heavy atom. The van der Waals surface area contributed by atoms with E-state index in [4.69, 9.17) is 4.74 Å². The molecule has 1 fully saturated rings. The summed E-state index contributed by atoms with van der Waals surface area (Å²) in [6.07, 6.45) is 1.96. The molecule has 2 N–H and O–H groups in total. The van der Waals surface area contributed by atoms with Gasteiger partial charge < -0.3 is 15.4 Å². The molecule has 3 rings (SSSR count). The summed E-state index contributed by atoms with van der Waals surface area (Å²) < 4.78 is 31.7. The van der Waals surface area contributed by atoms with Crippen molar-refractivity contribution in [2.24, 2.45) is 5.41 Å². The van der Waals surface area contributed by atoms with E-state index in [1.165, 1.54) is 7.11 Å². The summed E-state index contributed by atoms with van der Waals surface area (Å²) in [5.74, 6) is -1.68. The Labute approximate surface area is 150 Å². The predicted octanol–water partition coefficient (Wildman–Crippen LogP) is 3.43. The van der Waals surface area contributed by atoms with Crippen LogP contribution in [0.4, 0.5) is 20.3 Å². The first-order valence-corrected chi connectivity index (χ1v) is 8.24. The maximum Gasteiger partial charge on any atom is 0.274 e. The first kappa shape index (κ1) is 18.0. The number of rotatable bonds is 5. The summed E-state index contributed by atoms with van der Waals surface area (Å²) in [5.41, 5.74) is 0.291. The number of carbonyl (C=O) groups excluding carboxylic acids is 1. The van der Waals surface area contributed by atoms with E-state index in [-0.39, 0.29) is 34.6 Å². The van der Waals surface area contributed by atoms with Crippen LogP contribution in [0.25, 0.3) is 0 Å². The SMILES string of the molecule is COc1ccc(Nc2cc(F)nc(F)c2)nc1C(=O)NC1CCC1(C)C. The molecule has 2 aromatic rings. The zero-order valence-electron chi connectivity index (χ0n) is 14.8. The van der Waals surface area contributed by atoms with Crippen molar-refractivity contribution >= 4 is 17.4 Å². The monoisotopic (exact) mass is 362 g/mol. The van der Waals surface area contributed by atoms with Gasteiger partial charge in [0.2, 0.25) is 11.9 Å². The van der Waals surface area contributed by atoms with Crippen molar-refractivity contribution in [1.82, 2.24) is 15.3 Å². The van der Waals surface area contributed by atoms with Gasteiger partial charge in [-0.25, -0.2) is 4.98 Å². The van der Waals surface area contributed by atoms with E-state index in [0.717, 1.165) is 25.0 Å². The molecule has 2 aromatic heterocycles. The third kappa shape index (κ3) is 3.74. The van der Waals surface area contributed by atoms with Crippen LogP contribution in [0, 0.1) is 17.3 Å². The predicted molar refractivity (Wildman–Crippen MR) is 92.5 cm³/mol. The van der Waals surface area contributed by atoms with Crippen molar-refractivity contribution in [3.05, 3.63) is 41.9 Å². The van der Waals surface area contributed by atoms with Crippen molar-refractivity contribution in [2.75, 3.05) is 12.4 Å². The van der Waals surface area contributed by atoms with Crippen molar-refractivity contribution in [2.45, 2.75) is 32.7 Å². The highest BCUT2D eigenvalue weighted by Crippen LogP contribution is 2.40. The Bertz CT molecular complexity index is 822. The van der Waals surface area contributed by atoms with Crippen LogP contribution in [0.1, 0.15) is 37.2 Å². The molecule has 2 heterocycles. The van der Waals surface area contributed by atoms with Crippen molar-refractivity contribution in [1.29, 1.82) is 0 Å². The molecule has 1 unspecified atom stereocenters. The second kappa shape index (κ2) is 6.86. The minimum atomic E-state index is -0.953. The fraction of sp³-hybridized carbons (Fsp3) is 0.389. The number of carbonyl (C=O) groups is 1. The number of halogens is 2. The third-order valence-electron chi connectivity index (χ3n) is 4.65. The number of pyridine rings is 2. The lowest BCUT2D eigenvalue weighted by Crippen LogP contribution is -2.52. The molecule has 1 aliphatic carbocycles. The van der Waals surface area contributed by atoms with Crippen LogP contribution in [-0.4, -0.2) is 29.0 Å². The van der Waals surface area contributed by atoms with Gasteiger partial charge in [-0.2, -0.15) is 13.8 Å². The van der Waals surface area contributed by atoms with Gasteiger partial charge in [0.05, 0.1) is 7.11 Å². The van der Waals surface area contributed by atoms with Crippen LogP contribution >= 0.6 is 0 Å². The highest BCUT2D eigenvalue weighted by atomic mass is 19.1. The number of aromatic nitrogens is 2. The number of nitrogens with one attached hydrogen (secondary N) is 2. The van der Waals surface area contributed by atoms with Gasteiger partial charge in [0.15, 0.2) is 5.69 Å². The molecule has 1 atom stereocenters. The maximum absolute atomic E-state index is 13.2. The number of amides is 1. The molecule has 1 aliphatic rings. The standard InChI is InChI=1S/C18H20F2N4O2/c1-18(2)7-6-12(18)22-17(25)16-11(26-3)4-5-15(24-16)21-10-8-13(19)23-14(20)9-10/h4-5,8-9,12H,6-7H2,1-3H3,(H,22,25)(H,21,23,24). The molecule has 0 aromatic carbocycles. The Morgan fingerprint density at radius 3 is 2.46 bits per heavy atom.